The average molecular weight is 455 g/mol. The van der Waals surface area contributed by atoms with Gasteiger partial charge in [0, 0.05) is 37.5 Å². The van der Waals surface area contributed by atoms with Crippen LogP contribution in [-0.2, 0) is 9.53 Å². The molecule has 1 fully saturated rings. The van der Waals surface area contributed by atoms with Crippen molar-refractivity contribution in [1.29, 1.82) is 0 Å². The number of piperidine rings is 1. The van der Waals surface area contributed by atoms with E-state index >= 15 is 0 Å². The molecule has 2 aliphatic rings. The SMILES string of the molecule is CC(C)(C)OC(=O)N1CCC(Oc2ccnc3ccc(C=C4SC(N)=NC4=O)cc23)CC1. The number of hydrogen-bond donors (Lipinski definition) is 1. The smallest absolute Gasteiger partial charge is 0.410 e. The molecule has 3 heterocycles. The van der Waals surface area contributed by atoms with Crippen LogP contribution in [0.2, 0.25) is 0 Å². The molecule has 1 aromatic heterocycles. The van der Waals surface area contributed by atoms with Gasteiger partial charge in [-0.3, -0.25) is 9.78 Å². The molecule has 4 rings (SSSR count). The molecule has 1 saturated heterocycles. The Morgan fingerprint density at radius 3 is 2.66 bits per heavy atom. The van der Waals surface area contributed by atoms with Crippen LogP contribution in [0.1, 0.15) is 39.2 Å². The molecule has 2 amide bonds. The number of rotatable bonds is 3. The highest BCUT2D eigenvalue weighted by Crippen LogP contribution is 2.31. The molecule has 2 aliphatic heterocycles. The summed E-state index contributed by atoms with van der Waals surface area (Å²) in [6.45, 7) is 6.76. The van der Waals surface area contributed by atoms with Gasteiger partial charge < -0.3 is 20.1 Å². The van der Waals surface area contributed by atoms with E-state index < -0.39 is 5.60 Å². The molecule has 2 N–H and O–H groups in total. The number of pyridine rings is 1. The van der Waals surface area contributed by atoms with Gasteiger partial charge in [-0.1, -0.05) is 6.07 Å². The predicted octanol–water partition coefficient (Wildman–Crippen LogP) is 3.94. The summed E-state index contributed by atoms with van der Waals surface area (Å²) in [5, 5.41) is 1.12. The van der Waals surface area contributed by atoms with Gasteiger partial charge in [0.05, 0.1) is 10.4 Å². The molecule has 0 bridgehead atoms. The second-order valence-corrected chi connectivity index (χ2v) is 9.80. The van der Waals surface area contributed by atoms with Gasteiger partial charge in [-0.15, -0.1) is 0 Å². The fraction of sp³-hybridized carbons (Fsp3) is 0.391. The van der Waals surface area contributed by atoms with E-state index in [0.717, 1.165) is 34.0 Å². The van der Waals surface area contributed by atoms with Crippen LogP contribution in [0, 0.1) is 0 Å². The van der Waals surface area contributed by atoms with Crippen LogP contribution in [0.4, 0.5) is 4.79 Å². The number of hydrogen-bond acceptors (Lipinski definition) is 7. The van der Waals surface area contributed by atoms with Crippen LogP contribution in [0.15, 0.2) is 40.4 Å². The van der Waals surface area contributed by atoms with E-state index in [0.29, 0.717) is 30.8 Å². The van der Waals surface area contributed by atoms with Crippen molar-refractivity contribution in [2.75, 3.05) is 13.1 Å². The second-order valence-electron chi connectivity index (χ2n) is 8.74. The number of amidine groups is 1. The number of nitrogens with zero attached hydrogens (tertiary/aromatic N) is 3. The fourth-order valence-electron chi connectivity index (χ4n) is 3.57. The van der Waals surface area contributed by atoms with Crippen LogP contribution in [-0.4, -0.2) is 51.8 Å². The summed E-state index contributed by atoms with van der Waals surface area (Å²) in [4.78, 5) is 34.6. The number of benzene rings is 1. The highest BCUT2D eigenvalue weighted by Gasteiger charge is 2.28. The lowest BCUT2D eigenvalue weighted by molar-refractivity contribution is -0.113. The number of carbonyl (C=O) groups excluding carboxylic acids is 2. The Balaban J connectivity index is 1.46. The third-order valence-corrected chi connectivity index (χ3v) is 5.86. The standard InChI is InChI=1S/C23H26N4O4S/c1-23(2,3)31-22(29)27-10-7-15(8-11-27)30-18-6-9-25-17-5-4-14(12-16(17)18)13-19-20(28)26-21(24)32-19/h4-6,9,12-13,15H,7-8,10-11H2,1-3H3,(H2,24,26,28). The highest BCUT2D eigenvalue weighted by molar-refractivity contribution is 8.18. The van der Waals surface area contributed by atoms with Crippen molar-refractivity contribution in [1.82, 2.24) is 9.88 Å². The molecule has 0 aliphatic carbocycles. The third kappa shape index (κ3) is 5.21. The van der Waals surface area contributed by atoms with Crippen LogP contribution >= 0.6 is 11.8 Å². The van der Waals surface area contributed by atoms with Crippen molar-refractivity contribution in [3.8, 4) is 5.75 Å². The number of ether oxygens (including phenoxy) is 2. The summed E-state index contributed by atoms with van der Waals surface area (Å²) in [6, 6.07) is 7.58. The minimum atomic E-state index is -0.507. The molecule has 168 valence electrons. The lowest BCUT2D eigenvalue weighted by Crippen LogP contribution is -2.44. The zero-order valence-electron chi connectivity index (χ0n) is 18.3. The average Bonchev–Trinajstić information content (AvgIpc) is 3.04. The number of aliphatic imine (C=N–C) groups is 1. The van der Waals surface area contributed by atoms with Crippen LogP contribution in [0.25, 0.3) is 17.0 Å². The molecular weight excluding hydrogens is 428 g/mol. The Kier molecular flexibility index (Phi) is 6.10. The molecule has 0 atom stereocenters. The molecule has 1 aromatic carbocycles. The van der Waals surface area contributed by atoms with Gasteiger partial charge in [-0.05, 0) is 62.4 Å². The van der Waals surface area contributed by atoms with Crippen molar-refractivity contribution in [3.05, 3.63) is 40.9 Å². The van der Waals surface area contributed by atoms with Crippen molar-refractivity contribution in [3.63, 3.8) is 0 Å². The van der Waals surface area contributed by atoms with E-state index in [1.54, 1.807) is 17.2 Å². The van der Waals surface area contributed by atoms with Gasteiger partial charge >= 0.3 is 6.09 Å². The number of amides is 2. The minimum Gasteiger partial charge on any atom is -0.490 e. The van der Waals surface area contributed by atoms with Crippen LogP contribution in [0.3, 0.4) is 0 Å². The van der Waals surface area contributed by atoms with E-state index in [9.17, 15) is 9.59 Å². The molecule has 0 radical (unpaired) electrons. The normalized spacial score (nSPS) is 18.8. The van der Waals surface area contributed by atoms with Crippen molar-refractivity contribution in [2.45, 2.75) is 45.3 Å². The molecule has 32 heavy (non-hydrogen) atoms. The molecule has 0 unspecified atom stereocenters. The van der Waals surface area contributed by atoms with E-state index in [4.69, 9.17) is 15.2 Å². The molecule has 8 nitrogen and oxygen atoms in total. The third-order valence-electron chi connectivity index (χ3n) is 5.05. The molecule has 9 heteroatoms. The summed E-state index contributed by atoms with van der Waals surface area (Å²) in [6.07, 6.45) is 4.62. The van der Waals surface area contributed by atoms with E-state index in [1.165, 1.54) is 0 Å². The number of fused-ring (bicyclic) bond motifs is 1. The summed E-state index contributed by atoms with van der Waals surface area (Å²) < 4.78 is 11.8. The summed E-state index contributed by atoms with van der Waals surface area (Å²) in [7, 11) is 0. The summed E-state index contributed by atoms with van der Waals surface area (Å²) in [5.41, 5.74) is 6.77. The first-order chi connectivity index (χ1) is 15.2. The number of carbonyl (C=O) groups is 2. The van der Waals surface area contributed by atoms with Crippen molar-refractivity contribution < 1.29 is 19.1 Å². The maximum Gasteiger partial charge on any atom is 0.410 e. The number of nitrogens with two attached hydrogens (primary N) is 1. The van der Waals surface area contributed by atoms with Gasteiger partial charge in [0.25, 0.3) is 5.91 Å². The van der Waals surface area contributed by atoms with E-state index in [1.807, 2.05) is 45.0 Å². The Labute approximate surface area is 190 Å². The lowest BCUT2D eigenvalue weighted by Gasteiger charge is -2.33. The largest absolute Gasteiger partial charge is 0.490 e. The zero-order valence-corrected chi connectivity index (χ0v) is 19.1. The first kappa shape index (κ1) is 22.1. The molecule has 2 aromatic rings. The zero-order chi connectivity index (χ0) is 22.9. The summed E-state index contributed by atoms with van der Waals surface area (Å²) in [5.74, 6) is 0.402. The number of thioether (sulfide) groups is 1. The Morgan fingerprint density at radius 2 is 2.00 bits per heavy atom. The first-order valence-corrected chi connectivity index (χ1v) is 11.3. The van der Waals surface area contributed by atoms with Crippen LogP contribution < -0.4 is 10.5 Å². The van der Waals surface area contributed by atoms with Crippen LogP contribution in [0.5, 0.6) is 5.75 Å². The topological polar surface area (TPSA) is 107 Å². The molecule has 0 spiro atoms. The molecular formula is C23H26N4O4S. The van der Waals surface area contributed by atoms with E-state index in [2.05, 4.69) is 9.98 Å². The maximum atomic E-state index is 12.3. The first-order valence-electron chi connectivity index (χ1n) is 10.5. The van der Waals surface area contributed by atoms with Crippen molar-refractivity contribution >= 4 is 45.9 Å². The Morgan fingerprint density at radius 1 is 1.25 bits per heavy atom. The van der Waals surface area contributed by atoms with Crippen molar-refractivity contribution in [2.24, 2.45) is 10.7 Å². The highest BCUT2D eigenvalue weighted by atomic mass is 32.2. The monoisotopic (exact) mass is 454 g/mol. The van der Waals surface area contributed by atoms with Gasteiger partial charge in [-0.25, -0.2) is 4.79 Å². The van der Waals surface area contributed by atoms with Gasteiger partial charge in [0.1, 0.15) is 17.5 Å². The quantitative estimate of drug-likeness (QED) is 0.700. The molecule has 0 saturated carbocycles. The fourth-order valence-corrected chi connectivity index (χ4v) is 4.25. The predicted molar refractivity (Wildman–Crippen MR) is 125 cm³/mol. The number of aromatic nitrogens is 1. The maximum absolute atomic E-state index is 12.3. The minimum absolute atomic E-state index is 0.0125. The van der Waals surface area contributed by atoms with Gasteiger partial charge in [-0.2, -0.15) is 4.99 Å². The Bertz CT molecular complexity index is 1110. The lowest BCUT2D eigenvalue weighted by atomic mass is 10.1. The van der Waals surface area contributed by atoms with Gasteiger partial charge in [0.15, 0.2) is 5.17 Å². The summed E-state index contributed by atoms with van der Waals surface area (Å²) >= 11 is 1.16. The Hall–Kier alpha value is -3.07. The number of likely N-dealkylation sites (tertiary alicyclic amines) is 1. The second kappa shape index (κ2) is 8.82. The van der Waals surface area contributed by atoms with E-state index in [-0.39, 0.29) is 23.3 Å². The van der Waals surface area contributed by atoms with Gasteiger partial charge in [0.2, 0.25) is 0 Å².